The van der Waals surface area contributed by atoms with E-state index in [1.807, 2.05) is 0 Å². The lowest BCUT2D eigenvalue weighted by Crippen LogP contribution is -2.15. The molecule has 0 spiro atoms. The third-order valence-electron chi connectivity index (χ3n) is 5.37. The van der Waals surface area contributed by atoms with Crippen molar-refractivity contribution in [1.82, 2.24) is 0 Å². The molecule has 0 saturated carbocycles. The summed E-state index contributed by atoms with van der Waals surface area (Å²) in [5, 5.41) is 3.04. The quantitative estimate of drug-likeness (QED) is 0.471. The fourth-order valence-corrected chi connectivity index (χ4v) is 4.86. The van der Waals surface area contributed by atoms with E-state index in [-0.39, 0.29) is 7.92 Å². The molecular formula is C25H37P. The molecule has 142 valence electrons. The first-order chi connectivity index (χ1) is 12.1. The first-order valence-electron chi connectivity index (χ1n) is 10.1. The second-order valence-corrected chi connectivity index (χ2v) is 11.0. The van der Waals surface area contributed by atoms with Gasteiger partial charge in [0.1, 0.15) is 0 Å². The summed E-state index contributed by atoms with van der Waals surface area (Å²) in [4.78, 5) is 0. The SMILES string of the molecule is CC(C)c1cc(C(C)C)cc(P(C)c2cc(C(C)C)cc(C(C)C)c2)c1. The van der Waals surface area contributed by atoms with E-state index in [9.17, 15) is 0 Å². The van der Waals surface area contributed by atoms with Crippen LogP contribution in [0.15, 0.2) is 36.4 Å². The molecular weight excluding hydrogens is 331 g/mol. The van der Waals surface area contributed by atoms with E-state index >= 15 is 0 Å². The number of hydrogen-bond donors (Lipinski definition) is 0. The molecule has 0 atom stereocenters. The second kappa shape index (κ2) is 8.71. The first-order valence-corrected chi connectivity index (χ1v) is 11.9. The van der Waals surface area contributed by atoms with Crippen molar-refractivity contribution in [3.8, 4) is 0 Å². The van der Waals surface area contributed by atoms with Crippen LogP contribution in [-0.2, 0) is 0 Å². The van der Waals surface area contributed by atoms with E-state index in [0.29, 0.717) is 23.7 Å². The molecule has 0 bridgehead atoms. The predicted molar refractivity (Wildman–Crippen MR) is 121 cm³/mol. The summed E-state index contributed by atoms with van der Waals surface area (Å²) in [7, 11) is -0.335. The van der Waals surface area contributed by atoms with Crippen molar-refractivity contribution in [2.45, 2.75) is 79.1 Å². The van der Waals surface area contributed by atoms with Gasteiger partial charge in [-0.15, -0.1) is 0 Å². The van der Waals surface area contributed by atoms with Gasteiger partial charge in [0.2, 0.25) is 0 Å². The van der Waals surface area contributed by atoms with E-state index < -0.39 is 0 Å². The topological polar surface area (TPSA) is 0 Å². The largest absolute Gasteiger partial charge is 0.0587 e. The van der Waals surface area contributed by atoms with Crippen molar-refractivity contribution in [2.75, 3.05) is 6.66 Å². The van der Waals surface area contributed by atoms with Crippen molar-refractivity contribution in [3.63, 3.8) is 0 Å². The van der Waals surface area contributed by atoms with Gasteiger partial charge in [0.15, 0.2) is 0 Å². The lowest BCUT2D eigenvalue weighted by Gasteiger charge is -2.22. The molecule has 0 fully saturated rings. The van der Waals surface area contributed by atoms with Crippen LogP contribution < -0.4 is 10.6 Å². The summed E-state index contributed by atoms with van der Waals surface area (Å²) < 4.78 is 0. The van der Waals surface area contributed by atoms with Crippen molar-refractivity contribution in [3.05, 3.63) is 58.7 Å². The Labute approximate surface area is 163 Å². The van der Waals surface area contributed by atoms with E-state index in [4.69, 9.17) is 0 Å². The highest BCUT2D eigenvalue weighted by atomic mass is 31.1. The lowest BCUT2D eigenvalue weighted by atomic mass is 9.96. The monoisotopic (exact) mass is 368 g/mol. The third kappa shape index (κ3) is 4.98. The summed E-state index contributed by atoms with van der Waals surface area (Å²) in [6, 6.07) is 14.6. The fourth-order valence-electron chi connectivity index (χ4n) is 3.19. The molecule has 0 aliphatic carbocycles. The molecule has 0 radical (unpaired) electrons. The zero-order valence-electron chi connectivity index (χ0n) is 18.2. The van der Waals surface area contributed by atoms with Crippen LogP contribution in [-0.4, -0.2) is 6.66 Å². The van der Waals surface area contributed by atoms with Crippen LogP contribution in [0.25, 0.3) is 0 Å². The Morgan fingerprint density at radius 1 is 0.462 bits per heavy atom. The van der Waals surface area contributed by atoms with Gasteiger partial charge < -0.3 is 0 Å². The van der Waals surface area contributed by atoms with Gasteiger partial charge in [-0.2, -0.15) is 0 Å². The third-order valence-corrected chi connectivity index (χ3v) is 7.43. The van der Waals surface area contributed by atoms with Gasteiger partial charge in [0, 0.05) is 0 Å². The normalized spacial score (nSPS) is 12.2. The maximum atomic E-state index is 2.46. The molecule has 2 rings (SSSR count). The van der Waals surface area contributed by atoms with Gasteiger partial charge in [-0.25, -0.2) is 0 Å². The minimum absolute atomic E-state index is 0.335. The Balaban J connectivity index is 2.56. The smallest absolute Gasteiger partial charge is 0.0192 e. The van der Waals surface area contributed by atoms with Crippen LogP contribution in [0.1, 0.15) is 101 Å². The van der Waals surface area contributed by atoms with Crippen LogP contribution in [0.4, 0.5) is 0 Å². The Kier molecular flexibility index (Phi) is 7.09. The predicted octanol–water partition coefficient (Wildman–Crippen LogP) is 7.24. The molecule has 0 amide bonds. The molecule has 0 saturated heterocycles. The fraction of sp³-hybridized carbons (Fsp3) is 0.520. The van der Waals surface area contributed by atoms with Gasteiger partial charge >= 0.3 is 0 Å². The first kappa shape index (κ1) is 21.2. The highest BCUT2D eigenvalue weighted by Gasteiger charge is 2.16. The van der Waals surface area contributed by atoms with Gasteiger partial charge in [-0.3, -0.25) is 0 Å². The van der Waals surface area contributed by atoms with Crippen LogP contribution in [0.2, 0.25) is 0 Å². The van der Waals surface area contributed by atoms with Crippen LogP contribution in [0, 0.1) is 0 Å². The van der Waals surface area contributed by atoms with E-state index in [1.165, 1.54) is 32.9 Å². The maximum Gasteiger partial charge on any atom is -0.0192 e. The molecule has 0 aliphatic heterocycles. The van der Waals surface area contributed by atoms with Crippen LogP contribution in [0.5, 0.6) is 0 Å². The molecule has 0 heterocycles. The molecule has 26 heavy (non-hydrogen) atoms. The molecule has 2 aromatic rings. The zero-order valence-corrected chi connectivity index (χ0v) is 19.1. The van der Waals surface area contributed by atoms with E-state index in [0.717, 1.165) is 0 Å². The van der Waals surface area contributed by atoms with Crippen molar-refractivity contribution < 1.29 is 0 Å². The van der Waals surface area contributed by atoms with Gasteiger partial charge in [-0.05, 0) is 71.1 Å². The lowest BCUT2D eigenvalue weighted by molar-refractivity contribution is 0.835. The Bertz CT molecular complexity index is 622. The minimum atomic E-state index is -0.335. The average molecular weight is 369 g/mol. The molecule has 0 aromatic heterocycles. The van der Waals surface area contributed by atoms with Gasteiger partial charge in [0.05, 0.1) is 0 Å². The number of hydrogen-bond acceptors (Lipinski definition) is 0. The zero-order chi connectivity index (χ0) is 19.6. The van der Waals surface area contributed by atoms with E-state index in [1.54, 1.807) is 0 Å². The minimum Gasteiger partial charge on any atom is -0.0587 e. The average Bonchev–Trinajstić information content (AvgIpc) is 2.59. The summed E-state index contributed by atoms with van der Waals surface area (Å²) in [5.74, 6) is 2.29. The summed E-state index contributed by atoms with van der Waals surface area (Å²) in [6.45, 7) is 20.9. The van der Waals surface area contributed by atoms with Crippen molar-refractivity contribution >= 4 is 18.5 Å². The van der Waals surface area contributed by atoms with Crippen molar-refractivity contribution in [1.29, 1.82) is 0 Å². The second-order valence-electron chi connectivity index (χ2n) is 8.89. The Morgan fingerprint density at radius 2 is 0.692 bits per heavy atom. The highest BCUT2D eigenvalue weighted by molar-refractivity contribution is 7.72. The van der Waals surface area contributed by atoms with Crippen LogP contribution in [0.3, 0.4) is 0 Å². The van der Waals surface area contributed by atoms with Crippen molar-refractivity contribution in [2.24, 2.45) is 0 Å². The maximum absolute atomic E-state index is 2.46. The number of benzene rings is 2. The number of rotatable bonds is 6. The van der Waals surface area contributed by atoms with Gasteiger partial charge in [0.25, 0.3) is 0 Å². The summed E-state index contributed by atoms with van der Waals surface area (Å²) in [6.07, 6.45) is 0. The summed E-state index contributed by atoms with van der Waals surface area (Å²) in [5.41, 5.74) is 5.91. The molecule has 2 aromatic carbocycles. The highest BCUT2D eigenvalue weighted by Crippen LogP contribution is 2.34. The molecule has 1 heteroatoms. The Hall–Kier alpha value is -1.13. The summed E-state index contributed by atoms with van der Waals surface area (Å²) >= 11 is 0. The Morgan fingerprint density at radius 3 is 0.885 bits per heavy atom. The molecule has 0 N–H and O–H groups in total. The molecule has 0 unspecified atom stereocenters. The molecule has 0 aliphatic rings. The van der Waals surface area contributed by atoms with Gasteiger partial charge in [-0.1, -0.05) is 91.8 Å². The molecule has 0 nitrogen and oxygen atoms in total. The van der Waals surface area contributed by atoms with E-state index in [2.05, 4.69) is 98.5 Å². The standard InChI is InChI=1S/C25H37P/c1-16(2)20-10-21(17(3)4)13-24(12-20)26(9)25-14-22(18(5)6)11-23(15-25)19(7)8/h10-19H,1-9H3. The van der Waals surface area contributed by atoms with Crippen LogP contribution >= 0.6 is 7.92 Å².